The number of carbonyl (C=O) groups is 1. The fourth-order valence-electron chi connectivity index (χ4n) is 2.70. The summed E-state index contributed by atoms with van der Waals surface area (Å²) in [6, 6.07) is 0. The van der Waals surface area contributed by atoms with Gasteiger partial charge in [0.1, 0.15) is 5.60 Å². The first-order chi connectivity index (χ1) is 10.9. The van der Waals surface area contributed by atoms with Crippen molar-refractivity contribution in [1.29, 1.82) is 0 Å². The van der Waals surface area contributed by atoms with Crippen LogP contribution in [0.4, 0.5) is 4.79 Å². The molecule has 1 amide bonds. The van der Waals surface area contributed by atoms with Crippen LogP contribution >= 0.6 is 0 Å². The molecule has 5 nitrogen and oxygen atoms in total. The Morgan fingerprint density at radius 1 is 1.00 bits per heavy atom. The van der Waals surface area contributed by atoms with E-state index < -0.39 is 5.60 Å². The fraction of sp³-hybridized carbons (Fsp3) is 0.944. The molecule has 0 aromatic rings. The lowest BCUT2D eigenvalue weighted by Gasteiger charge is -2.35. The summed E-state index contributed by atoms with van der Waals surface area (Å²) < 4.78 is 5.42. The van der Waals surface area contributed by atoms with Gasteiger partial charge >= 0.3 is 6.09 Å². The van der Waals surface area contributed by atoms with Crippen LogP contribution in [0.15, 0.2) is 0 Å². The monoisotopic (exact) mass is 327 g/mol. The van der Waals surface area contributed by atoms with E-state index in [0.29, 0.717) is 0 Å². The average molecular weight is 328 g/mol. The van der Waals surface area contributed by atoms with E-state index in [1.165, 1.54) is 32.1 Å². The minimum atomic E-state index is -0.407. The number of hydrogen-bond donors (Lipinski definition) is 1. The van der Waals surface area contributed by atoms with Crippen LogP contribution in [0.1, 0.15) is 59.8 Å². The molecule has 1 aliphatic rings. The molecule has 0 spiro atoms. The highest BCUT2D eigenvalue weighted by atomic mass is 16.6. The van der Waals surface area contributed by atoms with E-state index in [2.05, 4.69) is 17.1 Å². The molecule has 0 aromatic carbocycles. The SMILES string of the molecule is CCCCCCCNCCN1CCN(C(=O)OC(C)(C)C)CC1. The summed E-state index contributed by atoms with van der Waals surface area (Å²) in [4.78, 5) is 16.2. The molecule has 1 N–H and O–H groups in total. The first kappa shape index (κ1) is 20.2. The lowest BCUT2D eigenvalue weighted by atomic mass is 10.1. The molecule has 0 saturated carbocycles. The maximum Gasteiger partial charge on any atom is 0.410 e. The van der Waals surface area contributed by atoms with Crippen molar-refractivity contribution in [3.8, 4) is 0 Å². The molecule has 1 aliphatic heterocycles. The average Bonchev–Trinajstić information content (AvgIpc) is 2.49. The molecule has 0 aliphatic carbocycles. The molecule has 0 bridgehead atoms. The minimum absolute atomic E-state index is 0.178. The number of nitrogens with one attached hydrogen (secondary N) is 1. The van der Waals surface area contributed by atoms with Gasteiger partial charge in [-0.05, 0) is 33.7 Å². The molecular formula is C18H37N3O2. The predicted octanol–water partition coefficient (Wildman–Crippen LogP) is 3.10. The molecule has 5 heteroatoms. The van der Waals surface area contributed by atoms with Crippen LogP contribution in [0, 0.1) is 0 Å². The Bertz CT molecular complexity index is 321. The highest BCUT2D eigenvalue weighted by Crippen LogP contribution is 2.11. The van der Waals surface area contributed by atoms with Crippen molar-refractivity contribution in [2.45, 2.75) is 65.4 Å². The Labute approximate surface area is 142 Å². The Kier molecular flexibility index (Phi) is 9.56. The van der Waals surface area contributed by atoms with E-state index in [1.807, 2.05) is 25.7 Å². The summed E-state index contributed by atoms with van der Waals surface area (Å²) in [7, 11) is 0. The Balaban J connectivity index is 2.03. The van der Waals surface area contributed by atoms with E-state index in [1.54, 1.807) is 0 Å². The summed E-state index contributed by atoms with van der Waals surface area (Å²) in [6.07, 6.45) is 6.49. The van der Waals surface area contributed by atoms with Crippen molar-refractivity contribution in [2.24, 2.45) is 0 Å². The Morgan fingerprint density at radius 3 is 2.26 bits per heavy atom. The molecular weight excluding hydrogens is 290 g/mol. The summed E-state index contributed by atoms with van der Waals surface area (Å²) >= 11 is 0. The second kappa shape index (κ2) is 10.9. The van der Waals surface area contributed by atoms with Gasteiger partial charge in [0.05, 0.1) is 0 Å². The molecule has 136 valence electrons. The van der Waals surface area contributed by atoms with Gasteiger partial charge in [0.15, 0.2) is 0 Å². The lowest BCUT2D eigenvalue weighted by Crippen LogP contribution is -2.51. The van der Waals surface area contributed by atoms with Crippen molar-refractivity contribution in [1.82, 2.24) is 15.1 Å². The van der Waals surface area contributed by atoms with Crippen LogP contribution in [0.25, 0.3) is 0 Å². The number of ether oxygens (including phenoxy) is 1. The van der Waals surface area contributed by atoms with Gasteiger partial charge in [-0.3, -0.25) is 4.90 Å². The maximum atomic E-state index is 12.0. The van der Waals surface area contributed by atoms with E-state index in [9.17, 15) is 4.79 Å². The number of rotatable bonds is 9. The highest BCUT2D eigenvalue weighted by Gasteiger charge is 2.25. The second-order valence-corrected chi connectivity index (χ2v) is 7.47. The van der Waals surface area contributed by atoms with Gasteiger partial charge in [0, 0.05) is 39.3 Å². The van der Waals surface area contributed by atoms with Crippen LogP contribution in [0.3, 0.4) is 0 Å². The van der Waals surface area contributed by atoms with Gasteiger partial charge in [-0.1, -0.05) is 32.6 Å². The van der Waals surface area contributed by atoms with Crippen molar-refractivity contribution < 1.29 is 9.53 Å². The molecule has 1 heterocycles. The topological polar surface area (TPSA) is 44.8 Å². The Morgan fingerprint density at radius 2 is 1.65 bits per heavy atom. The van der Waals surface area contributed by atoms with Gasteiger partial charge in [0.25, 0.3) is 0 Å². The largest absolute Gasteiger partial charge is 0.444 e. The van der Waals surface area contributed by atoms with Gasteiger partial charge in [-0.15, -0.1) is 0 Å². The standard InChI is InChI=1S/C18H37N3O2/c1-5-6-7-8-9-10-19-11-12-20-13-15-21(16-14-20)17(22)23-18(2,3)4/h19H,5-16H2,1-4H3. The molecule has 0 aromatic heterocycles. The molecule has 23 heavy (non-hydrogen) atoms. The number of unbranched alkanes of at least 4 members (excludes halogenated alkanes) is 4. The number of nitrogens with zero attached hydrogens (tertiary/aromatic N) is 2. The van der Waals surface area contributed by atoms with Crippen molar-refractivity contribution in [3.05, 3.63) is 0 Å². The zero-order valence-electron chi connectivity index (χ0n) is 15.7. The zero-order chi connectivity index (χ0) is 17.1. The molecule has 1 rings (SSSR count). The third-order valence-electron chi connectivity index (χ3n) is 4.09. The molecule has 1 fully saturated rings. The highest BCUT2D eigenvalue weighted by molar-refractivity contribution is 5.68. The molecule has 0 radical (unpaired) electrons. The predicted molar refractivity (Wildman–Crippen MR) is 95.9 cm³/mol. The van der Waals surface area contributed by atoms with Gasteiger partial charge in [0.2, 0.25) is 0 Å². The maximum absolute atomic E-state index is 12.0. The van der Waals surface area contributed by atoms with Gasteiger partial charge < -0.3 is 15.0 Å². The van der Waals surface area contributed by atoms with Crippen LogP contribution in [-0.2, 0) is 4.74 Å². The smallest absolute Gasteiger partial charge is 0.410 e. The normalized spacial score (nSPS) is 16.6. The van der Waals surface area contributed by atoms with Gasteiger partial charge in [-0.2, -0.15) is 0 Å². The number of hydrogen-bond acceptors (Lipinski definition) is 4. The zero-order valence-corrected chi connectivity index (χ0v) is 15.7. The quantitative estimate of drug-likeness (QED) is 0.661. The van der Waals surface area contributed by atoms with Gasteiger partial charge in [-0.25, -0.2) is 4.79 Å². The van der Waals surface area contributed by atoms with Crippen molar-refractivity contribution >= 4 is 6.09 Å². The van der Waals surface area contributed by atoms with Crippen molar-refractivity contribution in [3.63, 3.8) is 0 Å². The second-order valence-electron chi connectivity index (χ2n) is 7.47. The summed E-state index contributed by atoms with van der Waals surface area (Å²) in [5.74, 6) is 0. The van der Waals surface area contributed by atoms with Crippen LogP contribution in [0.2, 0.25) is 0 Å². The van der Waals surface area contributed by atoms with Crippen LogP contribution in [0.5, 0.6) is 0 Å². The third kappa shape index (κ3) is 9.82. The molecule has 0 unspecified atom stereocenters. The van der Waals surface area contributed by atoms with Crippen LogP contribution in [-0.4, -0.2) is 67.3 Å². The van der Waals surface area contributed by atoms with Crippen molar-refractivity contribution in [2.75, 3.05) is 45.8 Å². The lowest BCUT2D eigenvalue weighted by molar-refractivity contribution is 0.0146. The Hall–Kier alpha value is -0.810. The molecule has 0 atom stereocenters. The molecule has 1 saturated heterocycles. The fourth-order valence-corrected chi connectivity index (χ4v) is 2.70. The first-order valence-corrected chi connectivity index (χ1v) is 9.33. The van der Waals surface area contributed by atoms with E-state index in [4.69, 9.17) is 4.74 Å². The first-order valence-electron chi connectivity index (χ1n) is 9.33. The summed E-state index contributed by atoms with van der Waals surface area (Å²) in [5.41, 5.74) is -0.407. The summed E-state index contributed by atoms with van der Waals surface area (Å²) in [5, 5.41) is 3.53. The number of piperazine rings is 1. The third-order valence-corrected chi connectivity index (χ3v) is 4.09. The minimum Gasteiger partial charge on any atom is -0.444 e. The summed E-state index contributed by atoms with van der Waals surface area (Å²) in [6.45, 7) is 14.6. The van der Waals surface area contributed by atoms with E-state index in [-0.39, 0.29) is 6.09 Å². The van der Waals surface area contributed by atoms with Crippen LogP contribution < -0.4 is 5.32 Å². The number of amides is 1. The number of carbonyl (C=O) groups excluding carboxylic acids is 1. The van der Waals surface area contributed by atoms with E-state index >= 15 is 0 Å². The van der Waals surface area contributed by atoms with E-state index in [0.717, 1.165) is 45.8 Å².